The molecule has 0 unspecified atom stereocenters. The van der Waals surface area contributed by atoms with Gasteiger partial charge in [0.25, 0.3) is 5.91 Å². The summed E-state index contributed by atoms with van der Waals surface area (Å²) >= 11 is 0. The lowest BCUT2D eigenvalue weighted by atomic mass is 10.0. The van der Waals surface area contributed by atoms with E-state index in [1.165, 1.54) is 12.6 Å². The van der Waals surface area contributed by atoms with Crippen LogP contribution in [0.2, 0.25) is 0 Å². The maximum Gasteiger partial charge on any atom is 0.254 e. The molecule has 1 saturated heterocycles. The number of primary amides is 1. The fourth-order valence-corrected chi connectivity index (χ4v) is 4.06. The Labute approximate surface area is 194 Å². The van der Waals surface area contributed by atoms with Gasteiger partial charge in [-0.25, -0.2) is 9.97 Å². The van der Waals surface area contributed by atoms with E-state index < -0.39 is 5.91 Å². The van der Waals surface area contributed by atoms with Gasteiger partial charge in [-0.1, -0.05) is 54.6 Å². The largest absolute Gasteiger partial charge is 0.365 e. The number of carbonyl (C=O) groups is 2. The van der Waals surface area contributed by atoms with Crippen molar-refractivity contribution in [2.24, 2.45) is 5.73 Å². The summed E-state index contributed by atoms with van der Waals surface area (Å²) in [5.41, 5.74) is 8.85. The number of anilines is 1. The third kappa shape index (κ3) is 6.16. The molecule has 0 spiro atoms. The molecule has 33 heavy (non-hydrogen) atoms. The number of amides is 2. The van der Waals surface area contributed by atoms with Gasteiger partial charge in [0.1, 0.15) is 11.6 Å². The molecule has 1 aliphatic rings. The molecular formula is C26H29N5O2. The Bertz CT molecular complexity index is 1110. The number of carbonyl (C=O) groups excluding carboxylic acids is 2. The lowest BCUT2D eigenvalue weighted by molar-refractivity contribution is -0.131. The number of rotatable bonds is 8. The minimum absolute atomic E-state index is 0.182. The number of nitrogens with zero attached hydrogens (tertiary/aromatic N) is 3. The van der Waals surface area contributed by atoms with Gasteiger partial charge in [-0.15, -0.1) is 0 Å². The van der Waals surface area contributed by atoms with Crippen molar-refractivity contribution in [2.75, 3.05) is 18.4 Å². The first-order chi connectivity index (χ1) is 16.1. The van der Waals surface area contributed by atoms with Gasteiger partial charge in [-0.3, -0.25) is 9.59 Å². The number of benzene rings is 2. The Morgan fingerprint density at radius 3 is 2.42 bits per heavy atom. The molecule has 2 heterocycles. The van der Waals surface area contributed by atoms with Crippen molar-refractivity contribution in [1.29, 1.82) is 0 Å². The smallest absolute Gasteiger partial charge is 0.254 e. The summed E-state index contributed by atoms with van der Waals surface area (Å²) < 4.78 is 0. The van der Waals surface area contributed by atoms with E-state index in [1.54, 1.807) is 0 Å². The van der Waals surface area contributed by atoms with Gasteiger partial charge in [0.15, 0.2) is 0 Å². The van der Waals surface area contributed by atoms with E-state index in [4.69, 9.17) is 5.73 Å². The van der Waals surface area contributed by atoms with Gasteiger partial charge in [-0.2, -0.15) is 0 Å². The van der Waals surface area contributed by atoms with Gasteiger partial charge in [0.2, 0.25) is 5.91 Å². The van der Waals surface area contributed by atoms with Crippen LogP contribution in [0.4, 0.5) is 5.82 Å². The molecule has 7 nitrogen and oxygen atoms in total. The Morgan fingerprint density at radius 2 is 1.67 bits per heavy atom. The molecule has 0 atom stereocenters. The lowest BCUT2D eigenvalue weighted by Gasteiger charge is -2.26. The second-order valence-electron chi connectivity index (χ2n) is 8.37. The summed E-state index contributed by atoms with van der Waals surface area (Å²) in [6.07, 6.45) is 5.75. The fraction of sp³-hybridized carbons (Fsp3) is 0.308. The Balaban J connectivity index is 1.46. The topological polar surface area (TPSA) is 101 Å². The van der Waals surface area contributed by atoms with Crippen LogP contribution in [-0.2, 0) is 24.2 Å². The van der Waals surface area contributed by atoms with Crippen LogP contribution in [0.1, 0.15) is 52.1 Å². The minimum Gasteiger partial charge on any atom is -0.365 e. The molecule has 3 N–H and O–H groups in total. The average molecular weight is 444 g/mol. The van der Waals surface area contributed by atoms with E-state index in [0.29, 0.717) is 31.0 Å². The molecule has 0 saturated carbocycles. The lowest BCUT2D eigenvalue weighted by Crippen LogP contribution is -2.36. The van der Waals surface area contributed by atoms with Crippen LogP contribution in [0.3, 0.4) is 0 Å². The highest BCUT2D eigenvalue weighted by Crippen LogP contribution is 2.17. The van der Waals surface area contributed by atoms with Crippen LogP contribution in [0.25, 0.3) is 0 Å². The first-order valence-electron chi connectivity index (χ1n) is 11.4. The summed E-state index contributed by atoms with van der Waals surface area (Å²) in [4.78, 5) is 35.4. The standard InChI is InChI=1S/C26H29N5O2/c27-25(33)22-18-28-23(30-26(22)29-17-19-8-3-1-4-9-19)15-20-10-7-11-21(14-20)16-24(32)31-12-5-2-6-13-31/h1,3-4,7-11,14,18H,2,5-6,12-13,15-17H2,(H2,27,33)(H,28,29,30). The summed E-state index contributed by atoms with van der Waals surface area (Å²) in [7, 11) is 0. The maximum atomic E-state index is 12.6. The quantitative estimate of drug-likeness (QED) is 0.556. The van der Waals surface area contributed by atoms with E-state index in [1.807, 2.05) is 59.5 Å². The molecule has 1 aliphatic heterocycles. The summed E-state index contributed by atoms with van der Waals surface area (Å²) in [5, 5.41) is 3.21. The number of nitrogens with one attached hydrogen (secondary N) is 1. The third-order valence-electron chi connectivity index (χ3n) is 5.82. The van der Waals surface area contributed by atoms with E-state index in [0.717, 1.165) is 42.6 Å². The van der Waals surface area contributed by atoms with Crippen molar-refractivity contribution in [1.82, 2.24) is 14.9 Å². The highest BCUT2D eigenvalue weighted by molar-refractivity contribution is 5.97. The van der Waals surface area contributed by atoms with Crippen LogP contribution in [0.5, 0.6) is 0 Å². The monoisotopic (exact) mass is 443 g/mol. The van der Waals surface area contributed by atoms with Crippen molar-refractivity contribution in [3.05, 3.63) is 88.9 Å². The van der Waals surface area contributed by atoms with Crippen LogP contribution in [0.15, 0.2) is 60.8 Å². The van der Waals surface area contributed by atoms with Gasteiger partial charge >= 0.3 is 0 Å². The molecule has 170 valence electrons. The first kappa shape index (κ1) is 22.5. The number of piperidine rings is 1. The van der Waals surface area contributed by atoms with Crippen molar-refractivity contribution in [3.8, 4) is 0 Å². The predicted molar refractivity (Wildman–Crippen MR) is 128 cm³/mol. The molecule has 3 aromatic rings. The van der Waals surface area contributed by atoms with Crippen molar-refractivity contribution in [2.45, 2.75) is 38.6 Å². The molecule has 1 aromatic heterocycles. The van der Waals surface area contributed by atoms with Gasteiger partial charge < -0.3 is 16.0 Å². The zero-order valence-corrected chi connectivity index (χ0v) is 18.7. The van der Waals surface area contributed by atoms with E-state index in [-0.39, 0.29) is 11.5 Å². The van der Waals surface area contributed by atoms with Crippen molar-refractivity contribution < 1.29 is 9.59 Å². The maximum absolute atomic E-state index is 12.6. The fourth-order valence-electron chi connectivity index (χ4n) is 4.06. The number of hydrogen-bond acceptors (Lipinski definition) is 5. The van der Waals surface area contributed by atoms with Gasteiger partial charge in [0.05, 0.1) is 12.0 Å². The number of aromatic nitrogens is 2. The van der Waals surface area contributed by atoms with Crippen LogP contribution in [-0.4, -0.2) is 39.8 Å². The van der Waals surface area contributed by atoms with Crippen LogP contribution in [0, 0.1) is 0 Å². The molecular weight excluding hydrogens is 414 g/mol. The van der Waals surface area contributed by atoms with E-state index in [9.17, 15) is 9.59 Å². The number of nitrogens with two attached hydrogens (primary N) is 1. The van der Waals surface area contributed by atoms with Crippen LogP contribution < -0.4 is 11.1 Å². The molecule has 1 fully saturated rings. The molecule has 0 radical (unpaired) electrons. The van der Waals surface area contributed by atoms with Crippen molar-refractivity contribution in [3.63, 3.8) is 0 Å². The zero-order valence-electron chi connectivity index (χ0n) is 18.7. The summed E-state index contributed by atoms with van der Waals surface area (Å²) in [5.74, 6) is 0.611. The number of hydrogen-bond donors (Lipinski definition) is 2. The first-order valence-corrected chi connectivity index (χ1v) is 11.4. The van der Waals surface area contributed by atoms with Gasteiger partial charge in [-0.05, 0) is 36.0 Å². The van der Waals surface area contributed by atoms with Crippen LogP contribution >= 0.6 is 0 Å². The summed E-state index contributed by atoms with van der Waals surface area (Å²) in [6.45, 7) is 2.24. The molecule has 7 heteroatoms. The Kier molecular flexibility index (Phi) is 7.29. The van der Waals surface area contributed by atoms with Gasteiger partial charge in [0, 0.05) is 32.3 Å². The SMILES string of the molecule is NC(=O)c1cnc(Cc2cccc(CC(=O)N3CCCCC3)c2)nc1NCc1ccccc1. The Morgan fingerprint density at radius 1 is 0.939 bits per heavy atom. The molecule has 2 aromatic carbocycles. The van der Waals surface area contributed by atoms with E-state index in [2.05, 4.69) is 15.3 Å². The predicted octanol–water partition coefficient (Wildman–Crippen LogP) is 3.33. The highest BCUT2D eigenvalue weighted by atomic mass is 16.2. The second kappa shape index (κ2) is 10.7. The van der Waals surface area contributed by atoms with Crippen molar-refractivity contribution >= 4 is 17.6 Å². The molecule has 2 amide bonds. The molecule has 0 bridgehead atoms. The highest BCUT2D eigenvalue weighted by Gasteiger charge is 2.17. The zero-order chi connectivity index (χ0) is 23.0. The molecule has 4 rings (SSSR count). The average Bonchev–Trinajstić information content (AvgIpc) is 2.84. The molecule has 0 aliphatic carbocycles. The second-order valence-corrected chi connectivity index (χ2v) is 8.37. The third-order valence-corrected chi connectivity index (χ3v) is 5.82. The Hall–Kier alpha value is -3.74. The van der Waals surface area contributed by atoms with E-state index >= 15 is 0 Å². The summed E-state index contributed by atoms with van der Waals surface area (Å²) in [6, 6.07) is 17.8. The normalized spacial score (nSPS) is 13.5. The minimum atomic E-state index is -0.574. The number of likely N-dealkylation sites (tertiary alicyclic amines) is 1.